The Balaban J connectivity index is 5.88. The molecule has 13 heteroatoms. The van der Waals surface area contributed by atoms with Crippen molar-refractivity contribution in [3.05, 3.63) is 0 Å². The third-order valence-electron chi connectivity index (χ3n) is 2.57. The Labute approximate surface area is 129 Å². The Kier molecular flexibility index (Phi) is 6.38. The molecule has 0 amide bonds. The molecule has 0 aliphatic rings. The maximum atomic E-state index is 13.0. The van der Waals surface area contributed by atoms with Crippen molar-refractivity contribution in [1.29, 1.82) is 0 Å². The molecule has 0 unspecified atom stereocenters. The fourth-order valence-electron chi connectivity index (χ4n) is 1.22. The fraction of sp³-hybridized carbons (Fsp3) is 1.00. The number of alkyl halides is 13. The molecular weight excluding hydrogens is 463 g/mol. The van der Waals surface area contributed by atoms with Crippen molar-refractivity contribution < 1.29 is 52.7 Å². The van der Waals surface area contributed by atoms with Crippen LogP contribution in [0.25, 0.3) is 0 Å². The maximum absolute atomic E-state index is 13.0. The second-order valence-electron chi connectivity index (χ2n) is 4.14. The summed E-state index contributed by atoms with van der Waals surface area (Å²) in [5.41, 5.74) is 0. The van der Waals surface area contributed by atoms with Crippen LogP contribution < -0.4 is 0 Å². The highest BCUT2D eigenvalue weighted by Gasteiger charge is 2.87. The molecule has 0 N–H and O–H groups in total. The quantitative estimate of drug-likeness (QED) is 0.245. The molecule has 0 radical (unpaired) electrons. The molecule has 0 heterocycles. The van der Waals surface area contributed by atoms with Gasteiger partial charge in [0.2, 0.25) is 0 Å². The van der Waals surface area contributed by atoms with Crippen LogP contribution in [0.5, 0.6) is 0 Å². The van der Waals surface area contributed by atoms with Gasteiger partial charge in [0.1, 0.15) is 0 Å². The van der Waals surface area contributed by atoms with Gasteiger partial charge >= 0.3 is 36.0 Å². The second kappa shape index (κ2) is 6.42. The van der Waals surface area contributed by atoms with Gasteiger partial charge in [-0.1, -0.05) is 22.6 Å². The van der Waals surface area contributed by atoms with Gasteiger partial charge in [-0.3, -0.25) is 0 Å². The van der Waals surface area contributed by atoms with Crippen LogP contribution in [0.4, 0.5) is 52.7 Å². The van der Waals surface area contributed by atoms with E-state index in [2.05, 4.69) is 0 Å². The van der Waals surface area contributed by atoms with E-state index in [1.165, 1.54) is 22.6 Å². The largest absolute Gasteiger partial charge is 0.384 e. The normalized spacial score (nSPS) is 15.5. The first-order valence-electron chi connectivity index (χ1n) is 5.24. The molecular formula is C9H7F12I. The zero-order valence-electron chi connectivity index (χ0n) is 10.1. The van der Waals surface area contributed by atoms with E-state index in [-0.39, 0.29) is 4.43 Å². The molecule has 0 rings (SSSR count). The monoisotopic (exact) mass is 470 g/mol. The lowest BCUT2D eigenvalue weighted by Gasteiger charge is -2.39. The molecule has 22 heavy (non-hydrogen) atoms. The van der Waals surface area contributed by atoms with Gasteiger partial charge in [-0.15, -0.1) is 0 Å². The first-order chi connectivity index (χ1) is 9.50. The van der Waals surface area contributed by atoms with Crippen LogP contribution >= 0.6 is 22.6 Å². The minimum absolute atomic E-state index is 0.251. The summed E-state index contributed by atoms with van der Waals surface area (Å²) in [6.45, 7) is 0. The number of rotatable bonds is 8. The summed E-state index contributed by atoms with van der Waals surface area (Å²) in [7, 11) is 0. The van der Waals surface area contributed by atoms with Crippen molar-refractivity contribution in [2.24, 2.45) is 0 Å². The molecule has 0 fully saturated rings. The lowest BCUT2D eigenvalue weighted by Crippen LogP contribution is -2.68. The van der Waals surface area contributed by atoms with Crippen molar-refractivity contribution in [2.75, 3.05) is 4.43 Å². The summed E-state index contributed by atoms with van der Waals surface area (Å²) in [5.74, 6) is -34.5. The number of halogens is 13. The van der Waals surface area contributed by atoms with Crippen molar-refractivity contribution in [1.82, 2.24) is 0 Å². The Morgan fingerprint density at radius 1 is 0.682 bits per heavy atom. The second-order valence-corrected chi connectivity index (χ2v) is 5.22. The van der Waals surface area contributed by atoms with E-state index in [0.29, 0.717) is 0 Å². The highest BCUT2D eigenvalue weighted by Crippen LogP contribution is 2.58. The van der Waals surface area contributed by atoms with Crippen molar-refractivity contribution in [3.8, 4) is 0 Å². The van der Waals surface area contributed by atoms with Crippen LogP contribution in [-0.2, 0) is 0 Å². The molecule has 0 aromatic rings. The van der Waals surface area contributed by atoms with Crippen LogP contribution in [-0.4, -0.2) is 40.5 Å². The zero-order chi connectivity index (χ0) is 18.2. The number of hydrogen-bond donors (Lipinski definition) is 0. The first kappa shape index (κ1) is 21.9. The van der Waals surface area contributed by atoms with E-state index in [4.69, 9.17) is 0 Å². The average Bonchev–Trinajstić information content (AvgIpc) is 2.35. The molecule has 134 valence electrons. The Hall–Kier alpha value is -0.110. The first-order valence-corrected chi connectivity index (χ1v) is 6.76. The molecule has 0 nitrogen and oxygen atoms in total. The smallest absolute Gasteiger partial charge is 0.203 e. The topological polar surface area (TPSA) is 0 Å². The molecule has 0 aliphatic heterocycles. The van der Waals surface area contributed by atoms with E-state index in [1.54, 1.807) is 0 Å². The Bertz CT molecular complexity index is 377. The molecule has 0 aromatic heterocycles. The minimum Gasteiger partial charge on any atom is -0.203 e. The molecule has 0 aliphatic carbocycles. The van der Waals surface area contributed by atoms with Crippen molar-refractivity contribution >= 4 is 22.6 Å². The van der Waals surface area contributed by atoms with E-state index in [0.717, 1.165) is 0 Å². The van der Waals surface area contributed by atoms with Crippen LogP contribution in [0.3, 0.4) is 0 Å². The van der Waals surface area contributed by atoms with E-state index >= 15 is 0 Å². The van der Waals surface area contributed by atoms with Gasteiger partial charge < -0.3 is 0 Å². The van der Waals surface area contributed by atoms with Gasteiger partial charge in [0.05, 0.1) is 0 Å². The third-order valence-corrected chi connectivity index (χ3v) is 3.33. The summed E-state index contributed by atoms with van der Waals surface area (Å²) in [5, 5.41) is 0. The van der Waals surface area contributed by atoms with Gasteiger partial charge in [-0.05, 0) is 10.8 Å². The third kappa shape index (κ3) is 3.23. The lowest BCUT2D eigenvalue weighted by atomic mass is 9.92. The Morgan fingerprint density at radius 3 is 1.41 bits per heavy atom. The molecule has 0 bridgehead atoms. The molecule has 0 atom stereocenters. The fourth-order valence-corrected chi connectivity index (χ4v) is 1.60. The predicted molar refractivity (Wildman–Crippen MR) is 58.9 cm³/mol. The van der Waals surface area contributed by atoms with Gasteiger partial charge in [-0.25, -0.2) is 8.78 Å². The minimum atomic E-state index is -7.41. The van der Waals surface area contributed by atoms with Gasteiger partial charge in [-0.2, -0.15) is 43.9 Å². The van der Waals surface area contributed by atoms with Crippen LogP contribution in [0.15, 0.2) is 0 Å². The van der Waals surface area contributed by atoms with Gasteiger partial charge in [0.15, 0.2) is 0 Å². The Morgan fingerprint density at radius 2 is 1.09 bits per heavy atom. The standard InChI is InChI=1S/C9H7F12I/c10-4(11)6(14,15)8(18,19)9(20,21)7(16,17)5(12,13)2-1-3-22/h4H,1-3H2. The van der Waals surface area contributed by atoms with Gasteiger partial charge in [0, 0.05) is 6.42 Å². The van der Waals surface area contributed by atoms with Crippen molar-refractivity contribution in [3.63, 3.8) is 0 Å². The summed E-state index contributed by atoms with van der Waals surface area (Å²) in [4.78, 5) is 0. The maximum Gasteiger partial charge on any atom is 0.384 e. The van der Waals surface area contributed by atoms with E-state index in [1.807, 2.05) is 0 Å². The number of hydrogen-bond acceptors (Lipinski definition) is 0. The van der Waals surface area contributed by atoms with Crippen LogP contribution in [0.1, 0.15) is 12.8 Å². The molecule has 0 aromatic carbocycles. The van der Waals surface area contributed by atoms with Crippen LogP contribution in [0.2, 0.25) is 0 Å². The summed E-state index contributed by atoms with van der Waals surface area (Å²) in [6, 6.07) is 0. The zero-order valence-corrected chi connectivity index (χ0v) is 12.3. The average molecular weight is 470 g/mol. The van der Waals surface area contributed by atoms with E-state index < -0.39 is 48.9 Å². The molecule has 0 saturated carbocycles. The SMILES string of the molecule is FC(F)C(F)(F)C(F)(F)C(F)(F)C(F)(F)C(F)(F)CCCI. The summed E-state index contributed by atoms with van der Waals surface area (Å²) >= 11 is 1.38. The molecule has 0 saturated heterocycles. The highest BCUT2D eigenvalue weighted by molar-refractivity contribution is 14.1. The predicted octanol–water partition coefficient (Wildman–Crippen LogP) is 5.64. The highest BCUT2D eigenvalue weighted by atomic mass is 127. The van der Waals surface area contributed by atoms with E-state index in [9.17, 15) is 52.7 Å². The molecule has 0 spiro atoms. The van der Waals surface area contributed by atoms with Crippen molar-refractivity contribution in [2.45, 2.75) is 48.9 Å². The summed E-state index contributed by atoms with van der Waals surface area (Å²) in [6.07, 6.45) is -8.31. The van der Waals surface area contributed by atoms with Crippen LogP contribution in [0, 0.1) is 0 Å². The lowest BCUT2D eigenvalue weighted by molar-refractivity contribution is -0.413. The summed E-state index contributed by atoms with van der Waals surface area (Å²) < 4.78 is 152. The van der Waals surface area contributed by atoms with Gasteiger partial charge in [0.25, 0.3) is 0 Å².